The van der Waals surface area contributed by atoms with Crippen LogP contribution in [0.2, 0.25) is 0 Å². The Morgan fingerprint density at radius 3 is 2.02 bits per heavy atom. The van der Waals surface area contributed by atoms with Gasteiger partial charge in [0.2, 0.25) is 23.6 Å². The number of nitrogens with zero attached hydrogens (tertiary/aromatic N) is 1. The molecule has 5 atom stereocenters. The van der Waals surface area contributed by atoms with Crippen LogP contribution in [0.15, 0.2) is 59.6 Å². The number of aromatic hydroxyl groups is 1. The Balaban J connectivity index is 2.02. The lowest BCUT2D eigenvalue weighted by Gasteiger charge is -2.26. The monoisotopic (exact) mass is 769 g/mol. The number of benzene rings is 2. The Morgan fingerprint density at radius 1 is 0.745 bits per heavy atom. The molecule has 0 spiro atoms. The predicted molar refractivity (Wildman–Crippen MR) is 204 cm³/mol. The summed E-state index contributed by atoms with van der Waals surface area (Å²) in [6.07, 6.45) is 0.873. The van der Waals surface area contributed by atoms with Crippen molar-refractivity contribution in [1.29, 1.82) is 0 Å². The molecule has 5 amide bonds. The largest absolute Gasteiger partial charge is 0.508 e. The molecule has 0 aliphatic carbocycles. The molecule has 302 valence electrons. The molecule has 0 radical (unpaired) electrons. The summed E-state index contributed by atoms with van der Waals surface area (Å²) in [4.78, 5) is 80.9. The van der Waals surface area contributed by atoms with Crippen LogP contribution in [0, 0.1) is 5.92 Å². The van der Waals surface area contributed by atoms with Gasteiger partial charge in [-0.3, -0.25) is 24.2 Å². The van der Waals surface area contributed by atoms with E-state index in [1.54, 1.807) is 13.8 Å². The second-order valence-electron chi connectivity index (χ2n) is 13.3. The van der Waals surface area contributed by atoms with Gasteiger partial charge in [0.25, 0.3) is 0 Å². The van der Waals surface area contributed by atoms with E-state index in [1.165, 1.54) is 31.2 Å². The van der Waals surface area contributed by atoms with Gasteiger partial charge in [0.15, 0.2) is 5.96 Å². The molecule has 2 aromatic rings. The van der Waals surface area contributed by atoms with Gasteiger partial charge in [0.1, 0.15) is 36.5 Å². The summed E-state index contributed by atoms with van der Waals surface area (Å²) in [6.45, 7) is 5.31. The van der Waals surface area contributed by atoms with Gasteiger partial charge in [-0.05, 0) is 68.2 Å². The number of phenols is 1. The first-order valence-electron chi connectivity index (χ1n) is 18.0. The Labute approximate surface area is 320 Å². The van der Waals surface area contributed by atoms with Gasteiger partial charge in [-0.15, -0.1) is 0 Å². The summed E-state index contributed by atoms with van der Waals surface area (Å²) in [6, 6.07) is 9.25. The number of aliphatic carboxylic acids is 1. The van der Waals surface area contributed by atoms with E-state index in [4.69, 9.17) is 21.9 Å². The number of aliphatic imine (C=N–C) groups is 1. The van der Waals surface area contributed by atoms with Gasteiger partial charge in [-0.25, -0.2) is 9.59 Å². The number of guanidine groups is 1. The third kappa shape index (κ3) is 17.6. The lowest BCUT2D eigenvalue weighted by molar-refractivity contribution is -0.142. The van der Waals surface area contributed by atoms with Crippen LogP contribution in [0.4, 0.5) is 4.79 Å². The van der Waals surface area contributed by atoms with Crippen LogP contribution in [0.3, 0.4) is 0 Å². The van der Waals surface area contributed by atoms with Crippen molar-refractivity contribution < 1.29 is 43.7 Å². The molecule has 0 aliphatic rings. The summed E-state index contributed by atoms with van der Waals surface area (Å²) in [5.41, 5.74) is 18.1. The third-order valence-electron chi connectivity index (χ3n) is 8.33. The first kappa shape index (κ1) is 45.2. The highest BCUT2D eigenvalue weighted by atomic mass is 16.5. The van der Waals surface area contributed by atoms with Crippen molar-refractivity contribution in [3.63, 3.8) is 0 Å². The van der Waals surface area contributed by atoms with Crippen molar-refractivity contribution >= 4 is 41.7 Å². The van der Waals surface area contributed by atoms with Crippen LogP contribution in [-0.2, 0) is 41.7 Å². The molecule has 0 aromatic heterocycles. The number of carboxylic acid groups (broad SMARTS) is 1. The molecule has 55 heavy (non-hydrogen) atoms. The average molecular weight is 770 g/mol. The Bertz CT molecular complexity index is 1590. The highest BCUT2D eigenvalue weighted by Gasteiger charge is 2.31. The number of rotatable bonds is 23. The lowest BCUT2D eigenvalue weighted by atomic mass is 10.0. The smallest absolute Gasteiger partial charge is 0.407 e. The number of hydrogen-bond donors (Lipinski definition) is 10. The van der Waals surface area contributed by atoms with Crippen molar-refractivity contribution in [2.24, 2.45) is 28.1 Å². The van der Waals surface area contributed by atoms with Gasteiger partial charge in [0.05, 0.1) is 6.04 Å². The van der Waals surface area contributed by atoms with E-state index < -0.39 is 71.8 Å². The Hall–Kier alpha value is -5.91. The van der Waals surface area contributed by atoms with E-state index >= 15 is 0 Å². The maximum Gasteiger partial charge on any atom is 0.407 e. The van der Waals surface area contributed by atoms with Crippen LogP contribution < -0.4 is 43.8 Å². The van der Waals surface area contributed by atoms with Gasteiger partial charge >= 0.3 is 12.1 Å². The summed E-state index contributed by atoms with van der Waals surface area (Å²) in [5.74, 6) is -4.64. The average Bonchev–Trinajstić information content (AvgIpc) is 3.14. The zero-order chi connectivity index (χ0) is 40.9. The van der Waals surface area contributed by atoms with E-state index in [9.17, 15) is 39.0 Å². The summed E-state index contributed by atoms with van der Waals surface area (Å²) >= 11 is 0. The SMILES string of the molecule is CC(C)[C@H](NC(=O)[C@H](C)NC(=O)[C@H](CCCCNC(=O)OCc1ccccc1)NC(=O)[C@@H](N)CCCN=C(N)N)C(=O)N[C@@H](Cc1ccc(O)cc1)C(=O)O. The standard InChI is InChI=1S/C37H55N9O9/c1-22(2)30(34(51)45-29(35(52)53)20-24-14-16-26(47)17-15-24)46-31(48)23(3)43-33(50)28(44-32(49)27(38)12-9-19-41-36(39)40)13-7-8-18-42-37(54)55-21-25-10-5-4-6-11-25/h4-6,10-11,14-17,22-23,27-30,47H,7-9,12-13,18-21,38H2,1-3H3,(H,42,54)(H,43,50)(H,44,49)(H,45,51)(H,46,48)(H,52,53)(H4,39,40,41)/t23-,27-,28-,29-,30-/m0/s1. The van der Waals surface area contributed by atoms with Gasteiger partial charge in [0, 0.05) is 19.5 Å². The first-order valence-corrected chi connectivity index (χ1v) is 18.0. The molecule has 0 aliphatic heterocycles. The number of nitrogens with two attached hydrogens (primary N) is 3. The number of phenolic OH excluding ortho intramolecular Hbond substituents is 1. The molecule has 0 heterocycles. The van der Waals surface area contributed by atoms with Gasteiger partial charge in [-0.1, -0.05) is 56.3 Å². The minimum absolute atomic E-state index is 0.00275. The molecule has 13 N–H and O–H groups in total. The third-order valence-corrected chi connectivity index (χ3v) is 8.33. The molecule has 2 aromatic carbocycles. The van der Waals surface area contributed by atoms with E-state index in [2.05, 4.69) is 31.6 Å². The number of alkyl carbamates (subject to hydrolysis) is 1. The Morgan fingerprint density at radius 2 is 1.40 bits per heavy atom. The number of amides is 5. The van der Waals surface area contributed by atoms with Crippen LogP contribution in [-0.4, -0.2) is 95.2 Å². The van der Waals surface area contributed by atoms with E-state index in [-0.39, 0.29) is 50.7 Å². The van der Waals surface area contributed by atoms with Gasteiger partial charge < -0.3 is 58.7 Å². The minimum atomic E-state index is -1.33. The zero-order valence-corrected chi connectivity index (χ0v) is 31.5. The maximum absolute atomic E-state index is 13.5. The highest BCUT2D eigenvalue weighted by Crippen LogP contribution is 2.13. The number of carbonyl (C=O) groups excluding carboxylic acids is 5. The lowest BCUT2D eigenvalue weighted by Crippen LogP contribution is -2.59. The summed E-state index contributed by atoms with van der Waals surface area (Å²) in [7, 11) is 0. The van der Waals surface area contributed by atoms with Crippen LogP contribution in [0.25, 0.3) is 0 Å². The number of ether oxygens (including phenoxy) is 1. The molecular formula is C37H55N9O9. The Kier molecular flexibility index (Phi) is 19.5. The van der Waals surface area contributed by atoms with Crippen molar-refractivity contribution in [2.45, 2.75) is 96.1 Å². The maximum atomic E-state index is 13.5. The molecule has 2 rings (SSSR count). The summed E-state index contributed by atoms with van der Waals surface area (Å²) < 4.78 is 5.20. The molecule has 18 nitrogen and oxygen atoms in total. The van der Waals surface area contributed by atoms with Crippen molar-refractivity contribution in [3.05, 3.63) is 65.7 Å². The molecular weight excluding hydrogens is 714 g/mol. The van der Waals surface area contributed by atoms with Crippen molar-refractivity contribution in [2.75, 3.05) is 13.1 Å². The predicted octanol–water partition coefficient (Wildman–Crippen LogP) is 0.112. The second-order valence-corrected chi connectivity index (χ2v) is 13.3. The van der Waals surface area contributed by atoms with Crippen LogP contribution >= 0.6 is 0 Å². The van der Waals surface area contributed by atoms with E-state index in [0.29, 0.717) is 24.8 Å². The minimum Gasteiger partial charge on any atom is -0.508 e. The zero-order valence-electron chi connectivity index (χ0n) is 31.5. The number of carboxylic acids is 1. The summed E-state index contributed by atoms with van der Waals surface area (Å²) in [5, 5.41) is 32.2. The molecule has 18 heteroatoms. The second kappa shape index (κ2) is 23.7. The fraction of sp³-hybridized carbons (Fsp3) is 0.486. The number of hydrogen-bond acceptors (Lipinski definition) is 10. The van der Waals surface area contributed by atoms with Crippen LogP contribution in [0.1, 0.15) is 64.0 Å². The molecule has 0 bridgehead atoms. The normalized spacial score (nSPS) is 13.5. The van der Waals surface area contributed by atoms with E-state index in [1.807, 2.05) is 30.3 Å². The fourth-order valence-electron chi connectivity index (χ4n) is 5.16. The number of nitrogens with one attached hydrogen (secondary N) is 5. The van der Waals surface area contributed by atoms with Crippen molar-refractivity contribution in [3.8, 4) is 5.75 Å². The fourth-order valence-corrected chi connectivity index (χ4v) is 5.16. The molecule has 0 unspecified atom stereocenters. The van der Waals surface area contributed by atoms with Crippen molar-refractivity contribution in [1.82, 2.24) is 26.6 Å². The van der Waals surface area contributed by atoms with Gasteiger partial charge in [-0.2, -0.15) is 0 Å². The molecule has 0 saturated carbocycles. The van der Waals surface area contributed by atoms with E-state index in [0.717, 1.165) is 5.56 Å². The quantitative estimate of drug-likeness (QED) is 0.0409. The first-order chi connectivity index (χ1) is 26.1. The topological polar surface area (TPSA) is 303 Å². The molecule has 0 fully saturated rings. The molecule has 0 saturated heterocycles. The number of carbonyl (C=O) groups is 6. The number of unbranched alkanes of at least 4 members (excludes halogenated alkanes) is 1. The highest BCUT2D eigenvalue weighted by molar-refractivity contribution is 5.95. The van der Waals surface area contributed by atoms with Crippen LogP contribution in [0.5, 0.6) is 5.75 Å².